The Balaban J connectivity index is 1.82. The van der Waals surface area contributed by atoms with Crippen molar-refractivity contribution in [1.29, 1.82) is 0 Å². The minimum atomic E-state index is 0.868. The molecule has 30 heavy (non-hydrogen) atoms. The smallest absolute Gasteiger partial charge is 0.190 e. The molecule has 0 bridgehead atoms. The van der Waals surface area contributed by atoms with Crippen molar-refractivity contribution in [2.75, 3.05) is 7.11 Å². The van der Waals surface area contributed by atoms with Gasteiger partial charge in [-0.25, -0.2) is 4.99 Å². The van der Waals surface area contributed by atoms with Crippen LogP contribution in [-0.4, -0.2) is 11.7 Å². The summed E-state index contributed by atoms with van der Waals surface area (Å²) in [6.45, 7) is 5.17. The van der Waals surface area contributed by atoms with Crippen LogP contribution in [0.25, 0.3) is 11.3 Å². The zero-order valence-electron chi connectivity index (χ0n) is 17.6. The highest BCUT2D eigenvalue weighted by Gasteiger charge is 2.13. The SMILES string of the molecule is COc1ccc(-c2c(C)sc(=Nc3ccccc3C)n2CCc2ccccc2)cc1. The third-order valence-corrected chi connectivity index (χ3v) is 6.23. The Morgan fingerprint density at radius 2 is 1.57 bits per heavy atom. The van der Waals surface area contributed by atoms with Gasteiger partial charge in [0.1, 0.15) is 5.75 Å². The summed E-state index contributed by atoms with van der Waals surface area (Å²) in [6, 6.07) is 27.2. The van der Waals surface area contributed by atoms with E-state index in [0.29, 0.717) is 0 Å². The van der Waals surface area contributed by atoms with Gasteiger partial charge in [0.25, 0.3) is 0 Å². The van der Waals surface area contributed by atoms with Crippen LogP contribution in [0.1, 0.15) is 16.0 Å². The molecule has 0 aliphatic rings. The number of hydrogen-bond donors (Lipinski definition) is 0. The number of aryl methyl sites for hydroxylation is 3. The highest BCUT2D eigenvalue weighted by molar-refractivity contribution is 7.09. The number of ether oxygens (including phenoxy) is 1. The van der Waals surface area contributed by atoms with Gasteiger partial charge in [-0.15, -0.1) is 11.3 Å². The van der Waals surface area contributed by atoms with Crippen LogP contribution in [0.3, 0.4) is 0 Å². The molecule has 0 saturated carbocycles. The third-order valence-electron chi connectivity index (χ3n) is 5.24. The fraction of sp³-hybridized carbons (Fsp3) is 0.192. The van der Waals surface area contributed by atoms with E-state index in [1.807, 2.05) is 18.2 Å². The van der Waals surface area contributed by atoms with Gasteiger partial charge in [-0.1, -0.05) is 48.5 Å². The Morgan fingerprint density at radius 3 is 2.27 bits per heavy atom. The molecule has 3 nitrogen and oxygen atoms in total. The predicted octanol–water partition coefficient (Wildman–Crippen LogP) is 6.32. The molecule has 1 heterocycles. The van der Waals surface area contributed by atoms with Crippen molar-refractivity contribution >= 4 is 17.0 Å². The number of thiazole rings is 1. The van der Waals surface area contributed by atoms with Crippen LogP contribution in [0.15, 0.2) is 83.9 Å². The molecule has 4 rings (SSSR count). The molecule has 0 amide bonds. The van der Waals surface area contributed by atoms with Gasteiger partial charge in [0.2, 0.25) is 0 Å². The second-order valence-electron chi connectivity index (χ2n) is 7.30. The number of nitrogens with zero attached hydrogens (tertiary/aromatic N) is 2. The first kappa shape index (κ1) is 20.2. The van der Waals surface area contributed by atoms with Crippen LogP contribution in [0.5, 0.6) is 5.75 Å². The van der Waals surface area contributed by atoms with Crippen LogP contribution in [-0.2, 0) is 13.0 Å². The zero-order chi connectivity index (χ0) is 20.9. The van der Waals surface area contributed by atoms with E-state index in [9.17, 15) is 0 Å². The lowest BCUT2D eigenvalue weighted by molar-refractivity contribution is 0.415. The topological polar surface area (TPSA) is 26.5 Å². The zero-order valence-corrected chi connectivity index (χ0v) is 18.4. The largest absolute Gasteiger partial charge is 0.497 e. The van der Waals surface area contributed by atoms with Crippen molar-refractivity contribution in [3.63, 3.8) is 0 Å². The Bertz CT molecular complexity index is 1190. The van der Waals surface area contributed by atoms with Crippen molar-refractivity contribution in [2.24, 2.45) is 4.99 Å². The predicted molar refractivity (Wildman–Crippen MR) is 126 cm³/mol. The molecule has 3 aromatic carbocycles. The highest BCUT2D eigenvalue weighted by atomic mass is 32.1. The Kier molecular flexibility index (Phi) is 6.15. The molecule has 0 aliphatic heterocycles. The van der Waals surface area contributed by atoms with Crippen molar-refractivity contribution in [3.05, 3.63) is 99.7 Å². The first-order chi connectivity index (χ1) is 14.7. The van der Waals surface area contributed by atoms with Gasteiger partial charge in [-0.2, -0.15) is 0 Å². The highest BCUT2D eigenvalue weighted by Crippen LogP contribution is 2.28. The number of para-hydroxylation sites is 1. The molecule has 0 atom stereocenters. The summed E-state index contributed by atoms with van der Waals surface area (Å²) in [5, 5.41) is 0. The molecular weight excluding hydrogens is 388 g/mol. The van der Waals surface area contributed by atoms with Crippen molar-refractivity contribution in [3.8, 4) is 17.0 Å². The van der Waals surface area contributed by atoms with Crippen molar-refractivity contribution in [2.45, 2.75) is 26.8 Å². The molecule has 0 saturated heterocycles. The van der Waals surface area contributed by atoms with Gasteiger partial charge in [0, 0.05) is 11.4 Å². The van der Waals surface area contributed by atoms with Crippen molar-refractivity contribution < 1.29 is 4.74 Å². The normalized spacial score (nSPS) is 11.6. The minimum Gasteiger partial charge on any atom is -0.497 e. The molecule has 4 aromatic rings. The maximum absolute atomic E-state index is 5.35. The van der Waals surface area contributed by atoms with Gasteiger partial charge >= 0.3 is 0 Å². The molecule has 0 unspecified atom stereocenters. The lowest BCUT2D eigenvalue weighted by Gasteiger charge is -2.11. The van der Waals surface area contributed by atoms with E-state index < -0.39 is 0 Å². The monoisotopic (exact) mass is 414 g/mol. The van der Waals surface area contributed by atoms with Crippen LogP contribution in [0, 0.1) is 13.8 Å². The second kappa shape index (κ2) is 9.14. The standard InChI is InChI=1S/C26H26N2OS/c1-19-9-7-8-12-24(19)27-26-28(18-17-21-10-5-4-6-11-21)25(20(2)30-26)22-13-15-23(29-3)16-14-22/h4-16H,17-18H2,1-3H3. The van der Waals surface area contributed by atoms with E-state index in [4.69, 9.17) is 9.73 Å². The molecule has 0 spiro atoms. The summed E-state index contributed by atoms with van der Waals surface area (Å²) < 4.78 is 7.71. The molecular formula is C26H26N2OS. The van der Waals surface area contributed by atoms with E-state index in [2.05, 4.69) is 79.1 Å². The Hall–Kier alpha value is -3.11. The van der Waals surface area contributed by atoms with Crippen molar-refractivity contribution in [1.82, 2.24) is 4.57 Å². The number of benzene rings is 3. The number of rotatable bonds is 6. The molecule has 0 N–H and O–H groups in total. The van der Waals surface area contributed by atoms with E-state index in [0.717, 1.165) is 29.2 Å². The number of aromatic nitrogens is 1. The third kappa shape index (κ3) is 4.39. The van der Waals surface area contributed by atoms with E-state index in [-0.39, 0.29) is 0 Å². The fourth-order valence-electron chi connectivity index (χ4n) is 3.60. The lowest BCUT2D eigenvalue weighted by Crippen LogP contribution is -2.17. The maximum Gasteiger partial charge on any atom is 0.190 e. The first-order valence-electron chi connectivity index (χ1n) is 10.1. The number of hydrogen-bond acceptors (Lipinski definition) is 3. The molecule has 152 valence electrons. The van der Waals surface area contributed by atoms with Crippen LogP contribution >= 0.6 is 11.3 Å². The average Bonchev–Trinajstić information content (AvgIpc) is 3.09. The average molecular weight is 415 g/mol. The number of methoxy groups -OCH3 is 1. The summed E-state index contributed by atoms with van der Waals surface area (Å²) >= 11 is 1.75. The van der Waals surface area contributed by atoms with Gasteiger partial charge in [0.05, 0.1) is 18.5 Å². The van der Waals surface area contributed by atoms with Gasteiger partial charge in [-0.05, 0) is 67.3 Å². The lowest BCUT2D eigenvalue weighted by atomic mass is 10.1. The molecule has 0 aliphatic carbocycles. The summed E-state index contributed by atoms with van der Waals surface area (Å²) in [5.74, 6) is 0.868. The van der Waals surface area contributed by atoms with Gasteiger partial charge < -0.3 is 9.30 Å². The molecule has 4 heteroatoms. The fourth-order valence-corrected chi connectivity index (χ4v) is 4.64. The molecule has 0 radical (unpaired) electrons. The van der Waals surface area contributed by atoms with Crippen LogP contribution in [0.2, 0.25) is 0 Å². The minimum absolute atomic E-state index is 0.868. The molecule has 0 fully saturated rings. The van der Waals surface area contributed by atoms with E-state index in [1.165, 1.54) is 27.3 Å². The Labute approximate surface area is 182 Å². The quantitative estimate of drug-likeness (QED) is 0.363. The van der Waals surface area contributed by atoms with Crippen LogP contribution in [0.4, 0.5) is 5.69 Å². The van der Waals surface area contributed by atoms with E-state index in [1.54, 1.807) is 18.4 Å². The summed E-state index contributed by atoms with van der Waals surface area (Å²) in [6.07, 6.45) is 0.959. The van der Waals surface area contributed by atoms with Crippen LogP contribution < -0.4 is 9.54 Å². The maximum atomic E-state index is 5.35. The van der Waals surface area contributed by atoms with Gasteiger partial charge in [0.15, 0.2) is 4.80 Å². The first-order valence-corrected chi connectivity index (χ1v) is 11.0. The van der Waals surface area contributed by atoms with Gasteiger partial charge in [-0.3, -0.25) is 0 Å². The van der Waals surface area contributed by atoms with E-state index >= 15 is 0 Å². The molecule has 1 aromatic heterocycles. The second-order valence-corrected chi connectivity index (χ2v) is 8.49. The summed E-state index contributed by atoms with van der Waals surface area (Å²) in [7, 11) is 1.70. The summed E-state index contributed by atoms with van der Waals surface area (Å²) in [4.78, 5) is 7.35. The summed E-state index contributed by atoms with van der Waals surface area (Å²) in [5.41, 5.74) is 5.95. The Morgan fingerprint density at radius 1 is 0.867 bits per heavy atom.